The van der Waals surface area contributed by atoms with Crippen molar-refractivity contribution in [1.82, 2.24) is 4.90 Å². The maximum absolute atomic E-state index is 12.8. The summed E-state index contributed by atoms with van der Waals surface area (Å²) in [6, 6.07) is 5.83. The number of aliphatic carboxylic acids is 1. The van der Waals surface area contributed by atoms with Crippen molar-refractivity contribution < 1.29 is 19.5 Å². The zero-order chi connectivity index (χ0) is 18.1. The number of hydrogen-bond acceptors (Lipinski definition) is 3. The molecule has 2 heterocycles. The molecule has 2 atom stereocenters. The van der Waals surface area contributed by atoms with E-state index in [-0.39, 0.29) is 30.7 Å². The fourth-order valence-electron chi connectivity index (χ4n) is 3.77. The molecule has 0 spiro atoms. The van der Waals surface area contributed by atoms with Crippen molar-refractivity contribution in [2.75, 3.05) is 24.5 Å². The fourth-order valence-corrected chi connectivity index (χ4v) is 3.77. The van der Waals surface area contributed by atoms with Gasteiger partial charge in [-0.15, -0.1) is 0 Å². The molecule has 0 aliphatic carbocycles. The lowest BCUT2D eigenvalue weighted by Gasteiger charge is -2.32. The first-order valence-corrected chi connectivity index (χ1v) is 8.76. The zero-order valence-electron chi connectivity index (χ0n) is 14.7. The average Bonchev–Trinajstić information content (AvgIpc) is 2.98. The summed E-state index contributed by atoms with van der Waals surface area (Å²) in [6.45, 7) is 5.19. The standard InChI is InChI=1S/C19H24N2O4/c1-12-5-3-7-16(13(12)2)21-11-15(9-17(21)22)18(23)20-8-4-6-14(10-20)19(24)25/h3,5,7,14-15H,4,6,8-11H2,1-2H3,(H,24,25)/t14-,15-/m1/s1. The normalized spacial score (nSPS) is 23.8. The highest BCUT2D eigenvalue weighted by atomic mass is 16.4. The molecule has 2 fully saturated rings. The van der Waals surface area contributed by atoms with Gasteiger partial charge < -0.3 is 14.9 Å². The van der Waals surface area contributed by atoms with Crippen molar-refractivity contribution in [2.45, 2.75) is 33.1 Å². The molecule has 0 radical (unpaired) electrons. The smallest absolute Gasteiger partial charge is 0.308 e. The lowest BCUT2D eigenvalue weighted by molar-refractivity contribution is -0.146. The Morgan fingerprint density at radius 3 is 2.64 bits per heavy atom. The van der Waals surface area contributed by atoms with Crippen molar-refractivity contribution >= 4 is 23.5 Å². The van der Waals surface area contributed by atoms with Crippen LogP contribution in [-0.2, 0) is 14.4 Å². The molecule has 2 aliphatic rings. The van der Waals surface area contributed by atoms with Gasteiger partial charge in [0.15, 0.2) is 0 Å². The topological polar surface area (TPSA) is 77.9 Å². The number of likely N-dealkylation sites (tertiary alicyclic amines) is 1. The fraction of sp³-hybridized carbons (Fsp3) is 0.526. The Kier molecular flexibility index (Phi) is 4.79. The Morgan fingerprint density at radius 2 is 1.92 bits per heavy atom. The summed E-state index contributed by atoms with van der Waals surface area (Å²) < 4.78 is 0. The van der Waals surface area contributed by atoms with Gasteiger partial charge in [-0.2, -0.15) is 0 Å². The maximum Gasteiger partial charge on any atom is 0.308 e. The van der Waals surface area contributed by atoms with Crippen LogP contribution in [0.3, 0.4) is 0 Å². The van der Waals surface area contributed by atoms with Gasteiger partial charge >= 0.3 is 5.97 Å². The number of anilines is 1. The summed E-state index contributed by atoms with van der Waals surface area (Å²) in [7, 11) is 0. The number of amides is 2. The molecule has 1 N–H and O–H groups in total. The number of hydrogen-bond donors (Lipinski definition) is 1. The molecule has 25 heavy (non-hydrogen) atoms. The predicted octanol–water partition coefficient (Wildman–Crippen LogP) is 1.98. The van der Waals surface area contributed by atoms with E-state index in [1.165, 1.54) is 0 Å². The highest BCUT2D eigenvalue weighted by Crippen LogP contribution is 2.31. The summed E-state index contributed by atoms with van der Waals surface area (Å²) in [5.41, 5.74) is 3.02. The SMILES string of the molecule is Cc1cccc(N2C[C@H](C(=O)N3CCC[C@@H](C(=O)O)C3)CC2=O)c1C. The van der Waals surface area contributed by atoms with E-state index in [1.807, 2.05) is 32.0 Å². The molecular weight excluding hydrogens is 320 g/mol. The molecule has 0 aromatic heterocycles. The van der Waals surface area contributed by atoms with Crippen LogP contribution >= 0.6 is 0 Å². The summed E-state index contributed by atoms with van der Waals surface area (Å²) in [5, 5.41) is 9.19. The summed E-state index contributed by atoms with van der Waals surface area (Å²) in [4.78, 5) is 39.8. The first kappa shape index (κ1) is 17.5. The molecular formula is C19H24N2O4. The Labute approximate surface area is 147 Å². The lowest BCUT2D eigenvalue weighted by atomic mass is 9.96. The highest BCUT2D eigenvalue weighted by molar-refractivity contribution is 6.01. The van der Waals surface area contributed by atoms with Gasteiger partial charge in [0.1, 0.15) is 0 Å². The quantitative estimate of drug-likeness (QED) is 0.909. The van der Waals surface area contributed by atoms with E-state index in [4.69, 9.17) is 0 Å². The van der Waals surface area contributed by atoms with Crippen LogP contribution in [0.15, 0.2) is 18.2 Å². The van der Waals surface area contributed by atoms with E-state index in [9.17, 15) is 19.5 Å². The largest absolute Gasteiger partial charge is 0.481 e. The molecule has 2 aliphatic heterocycles. The van der Waals surface area contributed by atoms with Gasteiger partial charge in [-0.3, -0.25) is 14.4 Å². The molecule has 2 amide bonds. The molecule has 0 saturated carbocycles. The Morgan fingerprint density at radius 1 is 1.16 bits per heavy atom. The number of carboxylic acids is 1. The van der Waals surface area contributed by atoms with Crippen LogP contribution in [0.25, 0.3) is 0 Å². The molecule has 134 valence electrons. The van der Waals surface area contributed by atoms with Gasteiger partial charge in [-0.1, -0.05) is 12.1 Å². The molecule has 1 aromatic carbocycles. The number of carbonyl (C=O) groups is 3. The zero-order valence-corrected chi connectivity index (χ0v) is 14.7. The summed E-state index contributed by atoms with van der Waals surface area (Å²) in [5.74, 6) is -1.87. The number of aryl methyl sites for hydroxylation is 1. The number of carbonyl (C=O) groups excluding carboxylic acids is 2. The van der Waals surface area contributed by atoms with Crippen LogP contribution in [0.1, 0.15) is 30.4 Å². The molecule has 2 saturated heterocycles. The first-order valence-electron chi connectivity index (χ1n) is 8.76. The molecule has 0 unspecified atom stereocenters. The number of piperidine rings is 1. The Bertz CT molecular complexity index is 715. The summed E-state index contributed by atoms with van der Waals surface area (Å²) >= 11 is 0. The number of benzene rings is 1. The summed E-state index contributed by atoms with van der Waals surface area (Å²) in [6.07, 6.45) is 1.50. The second-order valence-corrected chi connectivity index (χ2v) is 7.09. The van der Waals surface area contributed by atoms with Gasteiger partial charge in [-0.25, -0.2) is 0 Å². The second kappa shape index (κ2) is 6.86. The van der Waals surface area contributed by atoms with E-state index in [0.29, 0.717) is 25.9 Å². The van der Waals surface area contributed by atoms with Gasteiger partial charge in [0.25, 0.3) is 0 Å². The van der Waals surface area contributed by atoms with Crippen LogP contribution in [0, 0.1) is 25.7 Å². The first-order chi connectivity index (χ1) is 11.9. The van der Waals surface area contributed by atoms with Crippen LogP contribution in [0.5, 0.6) is 0 Å². The van der Waals surface area contributed by atoms with Crippen LogP contribution in [-0.4, -0.2) is 47.4 Å². The van der Waals surface area contributed by atoms with Crippen molar-refractivity contribution in [2.24, 2.45) is 11.8 Å². The van der Waals surface area contributed by atoms with E-state index in [0.717, 1.165) is 16.8 Å². The van der Waals surface area contributed by atoms with Crippen LogP contribution in [0.2, 0.25) is 0 Å². The third-order valence-corrected chi connectivity index (χ3v) is 5.42. The minimum atomic E-state index is -0.850. The Balaban J connectivity index is 1.73. The minimum Gasteiger partial charge on any atom is -0.481 e. The van der Waals surface area contributed by atoms with Gasteiger partial charge in [0, 0.05) is 31.7 Å². The van der Waals surface area contributed by atoms with Gasteiger partial charge in [0.05, 0.1) is 11.8 Å². The van der Waals surface area contributed by atoms with Crippen molar-refractivity contribution in [1.29, 1.82) is 0 Å². The van der Waals surface area contributed by atoms with Crippen molar-refractivity contribution in [3.63, 3.8) is 0 Å². The average molecular weight is 344 g/mol. The number of rotatable bonds is 3. The van der Waals surface area contributed by atoms with Gasteiger partial charge in [0.2, 0.25) is 11.8 Å². The third-order valence-electron chi connectivity index (χ3n) is 5.42. The maximum atomic E-state index is 12.8. The molecule has 3 rings (SSSR count). The van der Waals surface area contributed by atoms with Crippen molar-refractivity contribution in [3.8, 4) is 0 Å². The van der Waals surface area contributed by atoms with E-state index in [2.05, 4.69) is 0 Å². The van der Waals surface area contributed by atoms with Crippen LogP contribution in [0.4, 0.5) is 5.69 Å². The van der Waals surface area contributed by atoms with E-state index < -0.39 is 11.9 Å². The second-order valence-electron chi connectivity index (χ2n) is 7.09. The molecule has 0 bridgehead atoms. The minimum absolute atomic E-state index is 0.0427. The number of carboxylic acid groups (broad SMARTS) is 1. The van der Waals surface area contributed by atoms with E-state index in [1.54, 1.807) is 9.80 Å². The van der Waals surface area contributed by atoms with Crippen molar-refractivity contribution in [3.05, 3.63) is 29.3 Å². The molecule has 6 nitrogen and oxygen atoms in total. The monoisotopic (exact) mass is 344 g/mol. The predicted molar refractivity (Wildman–Crippen MR) is 93.3 cm³/mol. The number of nitrogens with zero attached hydrogens (tertiary/aromatic N) is 2. The lowest BCUT2D eigenvalue weighted by Crippen LogP contribution is -2.45. The van der Waals surface area contributed by atoms with Gasteiger partial charge in [-0.05, 0) is 43.9 Å². The molecule has 6 heteroatoms. The Hall–Kier alpha value is -2.37. The van der Waals surface area contributed by atoms with Crippen LogP contribution < -0.4 is 4.90 Å². The van der Waals surface area contributed by atoms with E-state index >= 15 is 0 Å². The highest BCUT2D eigenvalue weighted by Gasteiger charge is 2.39. The third kappa shape index (κ3) is 3.38. The molecule has 1 aromatic rings.